The highest BCUT2D eigenvalue weighted by Crippen LogP contribution is 2.15. The number of carbonyl (C=O) groups is 2. The molecule has 0 saturated carbocycles. The summed E-state index contributed by atoms with van der Waals surface area (Å²) in [7, 11) is 0. The molecule has 6 nitrogen and oxygen atoms in total. The fraction of sp³-hybridized carbons (Fsp3) is 0.133. The first-order valence-electron chi connectivity index (χ1n) is 6.34. The van der Waals surface area contributed by atoms with Gasteiger partial charge in [-0.2, -0.15) is 0 Å². The second-order valence-electron chi connectivity index (χ2n) is 4.47. The van der Waals surface area contributed by atoms with Crippen LogP contribution in [-0.2, 0) is 16.0 Å². The Morgan fingerprint density at radius 1 is 1.14 bits per heavy atom. The van der Waals surface area contributed by atoms with Gasteiger partial charge < -0.3 is 15.7 Å². The van der Waals surface area contributed by atoms with Crippen molar-refractivity contribution in [3.63, 3.8) is 0 Å². The van der Waals surface area contributed by atoms with Gasteiger partial charge in [0, 0.05) is 11.4 Å². The van der Waals surface area contributed by atoms with Crippen molar-refractivity contribution in [3.05, 3.63) is 54.4 Å². The van der Waals surface area contributed by atoms with Crippen LogP contribution in [0.15, 0.2) is 48.7 Å². The molecule has 1 aromatic carbocycles. The maximum atomic E-state index is 12.3. The molecule has 0 aliphatic rings. The van der Waals surface area contributed by atoms with Crippen LogP contribution in [-0.4, -0.2) is 28.5 Å². The summed E-state index contributed by atoms with van der Waals surface area (Å²) in [5, 5.41) is 8.97. The second-order valence-corrected chi connectivity index (χ2v) is 4.47. The molecule has 0 unspecified atom stereocenters. The molecule has 0 aliphatic heterocycles. The van der Waals surface area contributed by atoms with Crippen molar-refractivity contribution >= 4 is 23.3 Å². The minimum atomic E-state index is -1.07. The molecule has 1 amide bonds. The Kier molecular flexibility index (Phi) is 4.50. The quantitative estimate of drug-likeness (QED) is 0.863. The molecular formula is C15H15N3O3. The largest absolute Gasteiger partial charge is 0.480 e. The van der Waals surface area contributed by atoms with Gasteiger partial charge in [0.05, 0.1) is 18.3 Å². The molecular weight excluding hydrogens is 270 g/mol. The Morgan fingerprint density at radius 3 is 2.43 bits per heavy atom. The number of aromatic nitrogens is 1. The van der Waals surface area contributed by atoms with Crippen molar-refractivity contribution < 1.29 is 14.7 Å². The summed E-state index contributed by atoms with van der Waals surface area (Å²) in [6.45, 7) is -0.391. The van der Waals surface area contributed by atoms with E-state index >= 15 is 0 Å². The molecule has 0 radical (unpaired) electrons. The molecule has 0 atom stereocenters. The van der Waals surface area contributed by atoms with Gasteiger partial charge in [0.25, 0.3) is 0 Å². The maximum absolute atomic E-state index is 12.3. The number of para-hydroxylation sites is 1. The van der Waals surface area contributed by atoms with E-state index in [1.165, 1.54) is 11.1 Å². The predicted octanol–water partition coefficient (Wildman–Crippen LogP) is 1.32. The lowest BCUT2D eigenvalue weighted by Gasteiger charge is -2.20. The predicted molar refractivity (Wildman–Crippen MR) is 78.8 cm³/mol. The number of anilines is 2. The zero-order chi connectivity index (χ0) is 15.2. The lowest BCUT2D eigenvalue weighted by atomic mass is 10.2. The van der Waals surface area contributed by atoms with E-state index in [9.17, 15) is 9.59 Å². The molecule has 0 bridgehead atoms. The normalized spacial score (nSPS) is 10.1. The number of pyridine rings is 1. The summed E-state index contributed by atoms with van der Waals surface area (Å²) in [5.41, 5.74) is 7.13. The van der Waals surface area contributed by atoms with Gasteiger partial charge in [-0.25, -0.2) is 0 Å². The second kappa shape index (κ2) is 6.51. The summed E-state index contributed by atoms with van der Waals surface area (Å²) < 4.78 is 0. The van der Waals surface area contributed by atoms with Gasteiger partial charge in [-0.3, -0.25) is 14.6 Å². The average Bonchev–Trinajstić information content (AvgIpc) is 2.48. The fourth-order valence-corrected chi connectivity index (χ4v) is 1.86. The van der Waals surface area contributed by atoms with Gasteiger partial charge in [0.15, 0.2) is 0 Å². The van der Waals surface area contributed by atoms with Crippen LogP contribution in [0.2, 0.25) is 0 Å². The van der Waals surface area contributed by atoms with Gasteiger partial charge >= 0.3 is 5.97 Å². The lowest BCUT2D eigenvalue weighted by molar-refractivity contribution is -0.136. The van der Waals surface area contributed by atoms with E-state index in [2.05, 4.69) is 4.98 Å². The molecule has 1 aromatic heterocycles. The van der Waals surface area contributed by atoms with E-state index in [1.807, 2.05) is 0 Å². The molecule has 0 fully saturated rings. The number of benzene rings is 1. The number of amides is 1. The van der Waals surface area contributed by atoms with Crippen LogP contribution in [0.1, 0.15) is 5.69 Å². The van der Waals surface area contributed by atoms with Gasteiger partial charge in [0.2, 0.25) is 5.91 Å². The number of nitrogen functional groups attached to an aromatic ring is 1. The smallest absolute Gasteiger partial charge is 0.323 e. The SMILES string of the molecule is Nc1ccc(CC(=O)N(CC(=O)O)c2ccccc2)nc1. The van der Waals surface area contributed by atoms with Crippen LogP contribution in [0.3, 0.4) is 0 Å². The van der Waals surface area contributed by atoms with Crippen LogP contribution in [0.25, 0.3) is 0 Å². The van der Waals surface area contributed by atoms with Gasteiger partial charge in [0.1, 0.15) is 6.54 Å². The van der Waals surface area contributed by atoms with Crippen LogP contribution in [0.4, 0.5) is 11.4 Å². The molecule has 6 heteroatoms. The molecule has 1 heterocycles. The zero-order valence-corrected chi connectivity index (χ0v) is 11.3. The van der Waals surface area contributed by atoms with E-state index in [0.29, 0.717) is 17.1 Å². The van der Waals surface area contributed by atoms with E-state index in [4.69, 9.17) is 10.8 Å². The minimum Gasteiger partial charge on any atom is -0.480 e. The summed E-state index contributed by atoms with van der Waals surface area (Å²) in [6.07, 6.45) is 1.48. The average molecular weight is 285 g/mol. The van der Waals surface area contributed by atoms with E-state index in [-0.39, 0.29) is 12.3 Å². The highest BCUT2D eigenvalue weighted by Gasteiger charge is 2.19. The summed E-state index contributed by atoms with van der Waals surface area (Å²) in [4.78, 5) is 28.6. The van der Waals surface area contributed by atoms with E-state index in [1.54, 1.807) is 42.5 Å². The third-order valence-corrected chi connectivity index (χ3v) is 2.84. The van der Waals surface area contributed by atoms with Crippen molar-refractivity contribution in [3.8, 4) is 0 Å². The number of carbonyl (C=O) groups excluding carboxylic acids is 1. The molecule has 0 spiro atoms. The van der Waals surface area contributed by atoms with Crippen LogP contribution in [0.5, 0.6) is 0 Å². The molecule has 0 saturated heterocycles. The summed E-state index contributed by atoms with van der Waals surface area (Å²) >= 11 is 0. The number of hydrogen-bond donors (Lipinski definition) is 2. The van der Waals surface area contributed by atoms with Crippen molar-refractivity contribution in [2.75, 3.05) is 17.2 Å². The van der Waals surface area contributed by atoms with Crippen molar-refractivity contribution in [2.45, 2.75) is 6.42 Å². The van der Waals surface area contributed by atoms with Crippen molar-refractivity contribution in [2.24, 2.45) is 0 Å². The lowest BCUT2D eigenvalue weighted by Crippen LogP contribution is -2.36. The number of nitrogens with zero attached hydrogens (tertiary/aromatic N) is 2. The molecule has 2 rings (SSSR count). The molecule has 0 aliphatic carbocycles. The third-order valence-electron chi connectivity index (χ3n) is 2.84. The molecule has 108 valence electrons. The Balaban J connectivity index is 2.18. The fourth-order valence-electron chi connectivity index (χ4n) is 1.86. The third kappa shape index (κ3) is 4.04. The number of hydrogen-bond acceptors (Lipinski definition) is 4. The monoisotopic (exact) mass is 285 g/mol. The Bertz CT molecular complexity index is 626. The zero-order valence-electron chi connectivity index (χ0n) is 11.3. The molecule has 3 N–H and O–H groups in total. The summed E-state index contributed by atoms with van der Waals surface area (Å²) in [5.74, 6) is -1.40. The van der Waals surface area contributed by atoms with E-state index < -0.39 is 12.5 Å². The number of carboxylic acids is 1. The topological polar surface area (TPSA) is 96.5 Å². The number of carboxylic acid groups (broad SMARTS) is 1. The van der Waals surface area contributed by atoms with Gasteiger partial charge in [-0.1, -0.05) is 18.2 Å². The Hall–Kier alpha value is -2.89. The number of rotatable bonds is 5. The molecule has 2 aromatic rings. The summed E-state index contributed by atoms with van der Waals surface area (Å²) in [6, 6.07) is 12.0. The number of aliphatic carboxylic acids is 1. The van der Waals surface area contributed by atoms with Gasteiger partial charge in [-0.05, 0) is 24.3 Å². The van der Waals surface area contributed by atoms with Gasteiger partial charge in [-0.15, -0.1) is 0 Å². The first kappa shape index (κ1) is 14.5. The highest BCUT2D eigenvalue weighted by atomic mass is 16.4. The van der Waals surface area contributed by atoms with Crippen molar-refractivity contribution in [1.82, 2.24) is 4.98 Å². The van der Waals surface area contributed by atoms with Crippen molar-refractivity contribution in [1.29, 1.82) is 0 Å². The van der Waals surface area contributed by atoms with Crippen LogP contribution < -0.4 is 10.6 Å². The first-order chi connectivity index (χ1) is 10.1. The molecule has 21 heavy (non-hydrogen) atoms. The Labute approximate surface area is 121 Å². The first-order valence-corrected chi connectivity index (χ1v) is 6.34. The van der Waals surface area contributed by atoms with E-state index in [0.717, 1.165) is 0 Å². The van der Waals surface area contributed by atoms with Crippen LogP contribution >= 0.6 is 0 Å². The number of nitrogens with two attached hydrogens (primary N) is 1. The van der Waals surface area contributed by atoms with Crippen LogP contribution in [0, 0.1) is 0 Å². The maximum Gasteiger partial charge on any atom is 0.323 e. The standard InChI is InChI=1S/C15H15N3O3/c16-11-6-7-12(17-9-11)8-14(19)18(10-15(20)21)13-4-2-1-3-5-13/h1-7,9H,8,10,16H2,(H,20,21). The minimum absolute atomic E-state index is 0.0163. The Morgan fingerprint density at radius 2 is 1.86 bits per heavy atom. The highest BCUT2D eigenvalue weighted by molar-refractivity contribution is 5.98.